The minimum Gasteiger partial charge on any atom is -0.396 e. The van der Waals surface area contributed by atoms with Crippen molar-refractivity contribution in [2.75, 3.05) is 32.8 Å². The van der Waals surface area contributed by atoms with E-state index in [1.165, 1.54) is 0 Å². The summed E-state index contributed by atoms with van der Waals surface area (Å²) in [7, 11) is 0. The fourth-order valence-electron chi connectivity index (χ4n) is 2.59. The number of rotatable bonds is 7. The number of aliphatic hydroxyl groups is 2. The Morgan fingerprint density at radius 2 is 1.90 bits per heavy atom. The number of ether oxygens (including phenoxy) is 1. The van der Waals surface area contributed by atoms with E-state index >= 15 is 0 Å². The van der Waals surface area contributed by atoms with E-state index in [1.54, 1.807) is 0 Å². The predicted octanol–water partition coefficient (Wildman–Crippen LogP) is 1.27. The number of likely N-dealkylation sites (tertiary alicyclic amines) is 1. The first-order valence-electron chi connectivity index (χ1n) is 7.41. The molecule has 2 rings (SSSR count). The first kappa shape index (κ1) is 15.4. The molecule has 0 saturated carbocycles. The average Bonchev–Trinajstić information content (AvgIpc) is 2.49. The molecule has 1 aliphatic rings. The van der Waals surface area contributed by atoms with Crippen LogP contribution in [0.4, 0.5) is 0 Å². The van der Waals surface area contributed by atoms with Crippen LogP contribution in [0.15, 0.2) is 30.3 Å². The van der Waals surface area contributed by atoms with E-state index in [-0.39, 0.29) is 6.61 Å². The van der Waals surface area contributed by atoms with Gasteiger partial charge in [-0.15, -0.1) is 0 Å². The normalized spacial score (nSPS) is 19.1. The van der Waals surface area contributed by atoms with E-state index < -0.39 is 6.10 Å². The van der Waals surface area contributed by atoms with Crippen LogP contribution in [0.5, 0.6) is 0 Å². The van der Waals surface area contributed by atoms with Gasteiger partial charge in [-0.3, -0.25) is 0 Å². The van der Waals surface area contributed by atoms with Gasteiger partial charge in [0.2, 0.25) is 0 Å². The van der Waals surface area contributed by atoms with Crippen LogP contribution in [-0.4, -0.2) is 54.1 Å². The van der Waals surface area contributed by atoms with Crippen LogP contribution in [0.2, 0.25) is 0 Å². The van der Waals surface area contributed by atoms with Crippen LogP contribution in [0.25, 0.3) is 0 Å². The second-order valence-corrected chi connectivity index (χ2v) is 5.58. The van der Waals surface area contributed by atoms with Crippen molar-refractivity contribution in [3.63, 3.8) is 0 Å². The van der Waals surface area contributed by atoms with Crippen molar-refractivity contribution in [2.45, 2.75) is 25.6 Å². The van der Waals surface area contributed by atoms with Gasteiger partial charge >= 0.3 is 0 Å². The van der Waals surface area contributed by atoms with Crippen molar-refractivity contribution in [1.29, 1.82) is 0 Å². The molecule has 0 amide bonds. The monoisotopic (exact) mass is 279 g/mol. The molecule has 112 valence electrons. The number of piperidine rings is 1. The minimum atomic E-state index is -0.440. The molecule has 2 N–H and O–H groups in total. The molecule has 1 unspecified atom stereocenters. The lowest BCUT2D eigenvalue weighted by molar-refractivity contribution is 0.00266. The highest BCUT2D eigenvalue weighted by Crippen LogP contribution is 2.16. The van der Waals surface area contributed by atoms with Crippen molar-refractivity contribution >= 4 is 0 Å². The molecule has 4 nitrogen and oxygen atoms in total. The third kappa shape index (κ3) is 5.21. The first-order chi connectivity index (χ1) is 9.78. The van der Waals surface area contributed by atoms with E-state index in [9.17, 15) is 5.11 Å². The van der Waals surface area contributed by atoms with Gasteiger partial charge in [-0.2, -0.15) is 0 Å². The van der Waals surface area contributed by atoms with Gasteiger partial charge in [-0.25, -0.2) is 0 Å². The van der Waals surface area contributed by atoms with Crippen molar-refractivity contribution in [2.24, 2.45) is 5.92 Å². The van der Waals surface area contributed by atoms with Gasteiger partial charge in [0.15, 0.2) is 0 Å². The Kier molecular flexibility index (Phi) is 6.47. The molecule has 1 aromatic carbocycles. The average molecular weight is 279 g/mol. The number of aliphatic hydroxyl groups excluding tert-OH is 2. The van der Waals surface area contributed by atoms with Gasteiger partial charge in [0, 0.05) is 13.2 Å². The number of hydrogen-bond donors (Lipinski definition) is 2. The molecule has 1 fully saturated rings. The van der Waals surface area contributed by atoms with Crippen LogP contribution in [0, 0.1) is 5.92 Å². The van der Waals surface area contributed by atoms with E-state index in [1.807, 2.05) is 30.3 Å². The molecule has 1 aromatic rings. The van der Waals surface area contributed by atoms with Crippen LogP contribution in [0.3, 0.4) is 0 Å². The van der Waals surface area contributed by atoms with E-state index in [0.717, 1.165) is 31.5 Å². The maximum absolute atomic E-state index is 9.99. The molecule has 1 saturated heterocycles. The maximum Gasteiger partial charge on any atom is 0.0900 e. The van der Waals surface area contributed by atoms with Gasteiger partial charge in [-0.1, -0.05) is 30.3 Å². The molecule has 1 atom stereocenters. The summed E-state index contributed by atoms with van der Waals surface area (Å²) < 4.78 is 5.55. The molecule has 0 bridgehead atoms. The summed E-state index contributed by atoms with van der Waals surface area (Å²) in [5, 5.41) is 19.1. The Morgan fingerprint density at radius 3 is 2.55 bits per heavy atom. The first-order valence-corrected chi connectivity index (χ1v) is 7.41. The molecule has 1 heterocycles. The van der Waals surface area contributed by atoms with Gasteiger partial charge in [0.1, 0.15) is 0 Å². The molecule has 0 spiro atoms. The van der Waals surface area contributed by atoms with Gasteiger partial charge < -0.3 is 19.8 Å². The van der Waals surface area contributed by atoms with Crippen molar-refractivity contribution in [3.05, 3.63) is 35.9 Å². The van der Waals surface area contributed by atoms with Crippen LogP contribution < -0.4 is 0 Å². The molecule has 1 aliphatic heterocycles. The fraction of sp³-hybridized carbons (Fsp3) is 0.625. The van der Waals surface area contributed by atoms with E-state index in [4.69, 9.17) is 9.84 Å². The van der Waals surface area contributed by atoms with Crippen LogP contribution >= 0.6 is 0 Å². The molecule has 0 aliphatic carbocycles. The summed E-state index contributed by atoms with van der Waals surface area (Å²) in [5.41, 5.74) is 1.13. The quantitative estimate of drug-likeness (QED) is 0.789. The number of β-amino-alcohol motifs (C(OH)–C–C–N with tert-alkyl or cyclic N) is 1. The van der Waals surface area contributed by atoms with E-state index in [2.05, 4.69) is 4.90 Å². The summed E-state index contributed by atoms with van der Waals surface area (Å²) in [6.45, 7) is 3.78. The molecule has 4 heteroatoms. The Balaban J connectivity index is 1.60. The number of nitrogens with zero attached hydrogens (tertiary/aromatic N) is 1. The minimum absolute atomic E-state index is 0.288. The zero-order valence-corrected chi connectivity index (χ0v) is 11.9. The summed E-state index contributed by atoms with van der Waals surface area (Å²) in [4.78, 5) is 2.25. The smallest absolute Gasteiger partial charge is 0.0900 e. The Labute approximate surface area is 121 Å². The van der Waals surface area contributed by atoms with Crippen molar-refractivity contribution in [1.82, 2.24) is 4.90 Å². The Hall–Kier alpha value is -0.940. The topological polar surface area (TPSA) is 52.9 Å². The summed E-state index contributed by atoms with van der Waals surface area (Å²) in [6, 6.07) is 9.99. The Bertz CT molecular complexity index is 363. The van der Waals surface area contributed by atoms with E-state index in [0.29, 0.717) is 25.7 Å². The molecule has 20 heavy (non-hydrogen) atoms. The van der Waals surface area contributed by atoms with Crippen LogP contribution in [0.1, 0.15) is 18.4 Å². The third-order valence-electron chi connectivity index (χ3n) is 3.86. The summed E-state index contributed by atoms with van der Waals surface area (Å²) in [6.07, 6.45) is 1.60. The number of hydrogen-bond acceptors (Lipinski definition) is 4. The SMILES string of the molecule is OCC1CCN(CC(O)COCc2ccccc2)CC1. The molecule has 0 radical (unpaired) electrons. The standard InChI is InChI=1S/C16H25NO3/c18-11-14-6-8-17(9-7-14)10-16(19)13-20-12-15-4-2-1-3-5-15/h1-5,14,16,18-19H,6-13H2. The molecular weight excluding hydrogens is 254 g/mol. The van der Waals surface area contributed by atoms with Crippen molar-refractivity contribution in [3.8, 4) is 0 Å². The summed E-state index contributed by atoms with van der Waals surface area (Å²) >= 11 is 0. The maximum atomic E-state index is 9.99. The third-order valence-corrected chi connectivity index (χ3v) is 3.86. The molecule has 0 aromatic heterocycles. The summed E-state index contributed by atoms with van der Waals surface area (Å²) in [5.74, 6) is 0.442. The zero-order valence-electron chi connectivity index (χ0n) is 11.9. The van der Waals surface area contributed by atoms with Gasteiger partial charge in [-0.05, 0) is 37.4 Å². The van der Waals surface area contributed by atoms with Crippen LogP contribution in [-0.2, 0) is 11.3 Å². The van der Waals surface area contributed by atoms with Gasteiger partial charge in [0.25, 0.3) is 0 Å². The number of benzene rings is 1. The zero-order chi connectivity index (χ0) is 14.2. The highest BCUT2D eigenvalue weighted by molar-refractivity contribution is 5.13. The van der Waals surface area contributed by atoms with Crippen molar-refractivity contribution < 1.29 is 14.9 Å². The largest absolute Gasteiger partial charge is 0.396 e. The lowest BCUT2D eigenvalue weighted by atomic mass is 9.98. The highest BCUT2D eigenvalue weighted by Gasteiger charge is 2.20. The second-order valence-electron chi connectivity index (χ2n) is 5.58. The fourth-order valence-corrected chi connectivity index (χ4v) is 2.59. The molecular formula is C16H25NO3. The lowest BCUT2D eigenvalue weighted by Gasteiger charge is -2.32. The second kappa shape index (κ2) is 8.37. The van der Waals surface area contributed by atoms with Gasteiger partial charge in [0.05, 0.1) is 19.3 Å². The Morgan fingerprint density at radius 1 is 1.20 bits per heavy atom. The predicted molar refractivity (Wildman–Crippen MR) is 78.4 cm³/mol. The lowest BCUT2D eigenvalue weighted by Crippen LogP contribution is -2.40. The highest BCUT2D eigenvalue weighted by atomic mass is 16.5.